The monoisotopic (exact) mass is 265 g/mol. The van der Waals surface area contributed by atoms with E-state index in [0.29, 0.717) is 6.04 Å². The predicted octanol–water partition coefficient (Wildman–Crippen LogP) is 3.41. The number of benzene rings is 1. The van der Waals surface area contributed by atoms with Crippen molar-refractivity contribution in [3.63, 3.8) is 0 Å². The van der Waals surface area contributed by atoms with E-state index in [1.165, 1.54) is 30.4 Å². The molecule has 2 rings (SSSR count). The van der Waals surface area contributed by atoms with Gasteiger partial charge in [0.05, 0.1) is 7.11 Å². The first kappa shape index (κ1) is 13.8. The lowest BCUT2D eigenvalue weighted by Crippen LogP contribution is -2.22. The lowest BCUT2D eigenvalue weighted by atomic mass is 10.1. The molecule has 1 aliphatic rings. The highest BCUT2D eigenvalue weighted by Crippen LogP contribution is 2.33. The van der Waals surface area contributed by atoms with Crippen molar-refractivity contribution in [1.82, 2.24) is 5.32 Å². The molecular weight excluding hydrogens is 242 g/mol. The molecule has 0 spiro atoms. The number of fused-ring (bicyclic) bond motifs is 1. The number of ether oxygens (including phenoxy) is 1. The molecule has 1 N–H and O–H groups in total. The van der Waals surface area contributed by atoms with E-state index in [1.54, 1.807) is 7.11 Å². The van der Waals surface area contributed by atoms with Crippen molar-refractivity contribution in [2.45, 2.75) is 37.5 Å². The highest BCUT2D eigenvalue weighted by molar-refractivity contribution is 7.99. The van der Waals surface area contributed by atoms with E-state index >= 15 is 0 Å². The van der Waals surface area contributed by atoms with Crippen molar-refractivity contribution in [3.05, 3.63) is 29.3 Å². The Morgan fingerprint density at radius 3 is 3.06 bits per heavy atom. The van der Waals surface area contributed by atoms with Gasteiger partial charge in [-0.25, -0.2) is 0 Å². The molecule has 0 saturated carbocycles. The van der Waals surface area contributed by atoms with Gasteiger partial charge in [0, 0.05) is 11.3 Å². The SMILES string of the molecule is COc1ccc2c(c1)C(NCCC(C)SC)CC2. The molecule has 1 aromatic carbocycles. The topological polar surface area (TPSA) is 21.3 Å². The zero-order chi connectivity index (χ0) is 13.0. The van der Waals surface area contributed by atoms with Crippen LogP contribution in [0.2, 0.25) is 0 Å². The van der Waals surface area contributed by atoms with Crippen molar-refractivity contribution in [2.75, 3.05) is 19.9 Å². The number of nitrogens with one attached hydrogen (secondary N) is 1. The Hall–Kier alpha value is -0.670. The number of thioether (sulfide) groups is 1. The van der Waals surface area contributed by atoms with Crippen molar-refractivity contribution in [1.29, 1.82) is 0 Å². The van der Waals surface area contributed by atoms with E-state index in [-0.39, 0.29) is 0 Å². The number of aryl methyl sites for hydroxylation is 1. The van der Waals surface area contributed by atoms with Gasteiger partial charge in [-0.1, -0.05) is 13.0 Å². The predicted molar refractivity (Wildman–Crippen MR) is 79.7 cm³/mol. The van der Waals surface area contributed by atoms with Gasteiger partial charge in [0.25, 0.3) is 0 Å². The van der Waals surface area contributed by atoms with Crippen LogP contribution in [-0.4, -0.2) is 25.2 Å². The minimum absolute atomic E-state index is 0.518. The Morgan fingerprint density at radius 1 is 1.50 bits per heavy atom. The minimum Gasteiger partial charge on any atom is -0.497 e. The van der Waals surface area contributed by atoms with E-state index in [9.17, 15) is 0 Å². The van der Waals surface area contributed by atoms with Crippen LogP contribution in [0.3, 0.4) is 0 Å². The molecule has 0 heterocycles. The third-order valence-corrected chi connectivity index (χ3v) is 4.82. The van der Waals surface area contributed by atoms with Crippen molar-refractivity contribution in [3.8, 4) is 5.75 Å². The fraction of sp³-hybridized carbons (Fsp3) is 0.600. The summed E-state index contributed by atoms with van der Waals surface area (Å²) in [4.78, 5) is 0. The Bertz CT molecular complexity index is 394. The van der Waals surface area contributed by atoms with Gasteiger partial charge in [0.2, 0.25) is 0 Å². The second kappa shape index (κ2) is 6.48. The van der Waals surface area contributed by atoms with E-state index in [2.05, 4.69) is 36.7 Å². The lowest BCUT2D eigenvalue weighted by molar-refractivity contribution is 0.413. The maximum Gasteiger partial charge on any atom is 0.119 e. The Labute approximate surface area is 114 Å². The van der Waals surface area contributed by atoms with Crippen LogP contribution in [0.5, 0.6) is 5.75 Å². The average Bonchev–Trinajstić information content (AvgIpc) is 2.81. The largest absolute Gasteiger partial charge is 0.497 e. The van der Waals surface area contributed by atoms with E-state index in [0.717, 1.165) is 17.5 Å². The van der Waals surface area contributed by atoms with Crippen LogP contribution in [0.25, 0.3) is 0 Å². The first-order valence-electron chi connectivity index (χ1n) is 6.67. The molecule has 0 fully saturated rings. The van der Waals surface area contributed by atoms with Gasteiger partial charge in [-0.15, -0.1) is 0 Å². The zero-order valence-electron chi connectivity index (χ0n) is 11.5. The van der Waals surface area contributed by atoms with Gasteiger partial charge < -0.3 is 10.1 Å². The molecule has 3 heteroatoms. The summed E-state index contributed by atoms with van der Waals surface area (Å²) < 4.78 is 5.32. The van der Waals surface area contributed by atoms with E-state index in [4.69, 9.17) is 4.74 Å². The molecular formula is C15H23NOS. The summed E-state index contributed by atoms with van der Waals surface area (Å²) in [5.74, 6) is 0.972. The molecule has 18 heavy (non-hydrogen) atoms. The summed E-state index contributed by atoms with van der Waals surface area (Å²) in [5.41, 5.74) is 2.91. The number of rotatable bonds is 6. The molecule has 2 nitrogen and oxygen atoms in total. The Kier molecular flexibility index (Phi) is 4.95. The Morgan fingerprint density at radius 2 is 2.33 bits per heavy atom. The van der Waals surface area contributed by atoms with Gasteiger partial charge in [-0.2, -0.15) is 11.8 Å². The fourth-order valence-corrected chi connectivity index (χ4v) is 2.85. The molecule has 0 saturated heterocycles. The van der Waals surface area contributed by atoms with Gasteiger partial charge in [-0.05, 0) is 55.3 Å². The molecule has 0 amide bonds. The maximum atomic E-state index is 5.32. The van der Waals surface area contributed by atoms with Crippen LogP contribution in [0.4, 0.5) is 0 Å². The highest BCUT2D eigenvalue weighted by Gasteiger charge is 2.22. The molecule has 0 aromatic heterocycles. The van der Waals surface area contributed by atoms with Crippen LogP contribution in [0, 0.1) is 0 Å². The smallest absolute Gasteiger partial charge is 0.119 e. The fourth-order valence-electron chi connectivity index (χ4n) is 2.50. The van der Waals surface area contributed by atoms with Gasteiger partial charge in [0.15, 0.2) is 0 Å². The molecule has 2 unspecified atom stereocenters. The molecule has 100 valence electrons. The third-order valence-electron chi connectivity index (χ3n) is 3.77. The molecule has 0 bridgehead atoms. The van der Waals surface area contributed by atoms with Gasteiger partial charge in [-0.3, -0.25) is 0 Å². The minimum atomic E-state index is 0.518. The first-order valence-corrected chi connectivity index (χ1v) is 7.96. The second-order valence-corrected chi connectivity index (χ2v) is 6.22. The zero-order valence-corrected chi connectivity index (χ0v) is 12.3. The van der Waals surface area contributed by atoms with Crippen LogP contribution in [0.15, 0.2) is 18.2 Å². The van der Waals surface area contributed by atoms with Crippen molar-refractivity contribution < 1.29 is 4.74 Å². The number of hydrogen-bond donors (Lipinski definition) is 1. The summed E-state index contributed by atoms with van der Waals surface area (Å²) in [6.07, 6.45) is 5.82. The van der Waals surface area contributed by atoms with E-state index < -0.39 is 0 Å². The maximum absolute atomic E-state index is 5.32. The van der Waals surface area contributed by atoms with Gasteiger partial charge in [0.1, 0.15) is 5.75 Å². The number of hydrogen-bond acceptors (Lipinski definition) is 3. The standard InChI is InChI=1S/C15H23NOS/c1-11(18-3)8-9-16-15-7-5-12-4-6-13(17-2)10-14(12)15/h4,6,10-11,15-16H,5,7-9H2,1-3H3. The van der Waals surface area contributed by atoms with Crippen LogP contribution in [-0.2, 0) is 6.42 Å². The summed E-state index contributed by atoms with van der Waals surface area (Å²) in [6.45, 7) is 3.39. The molecule has 1 aliphatic carbocycles. The molecule has 0 aliphatic heterocycles. The van der Waals surface area contributed by atoms with Crippen LogP contribution in [0.1, 0.15) is 36.9 Å². The third kappa shape index (κ3) is 3.21. The van der Waals surface area contributed by atoms with Crippen molar-refractivity contribution >= 4 is 11.8 Å². The van der Waals surface area contributed by atoms with E-state index in [1.807, 2.05) is 11.8 Å². The second-order valence-electron chi connectivity index (χ2n) is 4.95. The summed E-state index contributed by atoms with van der Waals surface area (Å²) in [5, 5.41) is 4.42. The Balaban J connectivity index is 1.93. The quantitative estimate of drug-likeness (QED) is 0.851. The van der Waals surface area contributed by atoms with Crippen molar-refractivity contribution in [2.24, 2.45) is 0 Å². The van der Waals surface area contributed by atoms with Crippen LogP contribution < -0.4 is 10.1 Å². The summed E-state index contributed by atoms with van der Waals surface area (Å²) in [7, 11) is 1.74. The van der Waals surface area contributed by atoms with Crippen LogP contribution >= 0.6 is 11.8 Å². The van der Waals surface area contributed by atoms with Gasteiger partial charge >= 0.3 is 0 Å². The first-order chi connectivity index (χ1) is 8.74. The molecule has 2 atom stereocenters. The highest BCUT2D eigenvalue weighted by atomic mass is 32.2. The average molecular weight is 265 g/mol. The lowest BCUT2D eigenvalue weighted by Gasteiger charge is -2.16. The normalized spacial score (nSPS) is 19.6. The summed E-state index contributed by atoms with van der Waals surface area (Å²) in [6, 6.07) is 6.99. The molecule has 1 aromatic rings. The number of methoxy groups -OCH3 is 1. The molecule has 0 radical (unpaired) electrons. The summed E-state index contributed by atoms with van der Waals surface area (Å²) >= 11 is 1.94.